The quantitative estimate of drug-likeness (QED) is 0.489. The highest BCUT2D eigenvalue weighted by Gasteiger charge is 2.22. The van der Waals surface area contributed by atoms with Crippen molar-refractivity contribution < 1.29 is 9.66 Å². The minimum atomic E-state index is -0.373. The van der Waals surface area contributed by atoms with Crippen molar-refractivity contribution in [1.82, 2.24) is 0 Å². The molecule has 0 aliphatic carbocycles. The summed E-state index contributed by atoms with van der Waals surface area (Å²) in [6, 6.07) is 6.79. The summed E-state index contributed by atoms with van der Waals surface area (Å²) < 4.78 is 5.69. The standard InChI is InChI=1S/C12H14BrNO3/c13-7-12-6-3-10(8-17-12)9-1-4-11(5-2-9)14(15)16/h1-2,4-5,10,12H,3,6-8H2. The molecule has 0 saturated carbocycles. The Kier molecular flexibility index (Phi) is 4.12. The molecule has 1 saturated heterocycles. The Balaban J connectivity index is 2.01. The lowest BCUT2D eigenvalue weighted by atomic mass is 9.92. The van der Waals surface area contributed by atoms with Crippen LogP contribution in [0.25, 0.3) is 0 Å². The number of alkyl halides is 1. The van der Waals surface area contributed by atoms with Crippen molar-refractivity contribution in [3.05, 3.63) is 39.9 Å². The van der Waals surface area contributed by atoms with Crippen LogP contribution in [0.2, 0.25) is 0 Å². The number of benzene rings is 1. The molecule has 0 aromatic heterocycles. The minimum Gasteiger partial charge on any atom is -0.377 e. The number of hydrogen-bond acceptors (Lipinski definition) is 3. The topological polar surface area (TPSA) is 52.4 Å². The smallest absolute Gasteiger partial charge is 0.269 e. The largest absolute Gasteiger partial charge is 0.377 e. The van der Waals surface area contributed by atoms with Crippen LogP contribution in [0.1, 0.15) is 24.3 Å². The van der Waals surface area contributed by atoms with Crippen LogP contribution in [-0.2, 0) is 4.74 Å². The van der Waals surface area contributed by atoms with E-state index in [1.807, 2.05) is 12.1 Å². The average Bonchev–Trinajstić information content (AvgIpc) is 2.39. The molecule has 0 amide bonds. The lowest BCUT2D eigenvalue weighted by molar-refractivity contribution is -0.384. The van der Waals surface area contributed by atoms with E-state index in [4.69, 9.17) is 4.74 Å². The minimum absolute atomic E-state index is 0.142. The summed E-state index contributed by atoms with van der Waals surface area (Å²) in [5.41, 5.74) is 1.27. The van der Waals surface area contributed by atoms with E-state index in [0.717, 1.165) is 23.7 Å². The van der Waals surface area contributed by atoms with Crippen LogP contribution in [0.3, 0.4) is 0 Å². The molecule has 92 valence electrons. The maximum Gasteiger partial charge on any atom is 0.269 e. The average molecular weight is 300 g/mol. The van der Waals surface area contributed by atoms with Crippen LogP contribution in [0.15, 0.2) is 24.3 Å². The molecule has 1 aliphatic rings. The Hall–Kier alpha value is -0.940. The van der Waals surface area contributed by atoms with Gasteiger partial charge in [-0.05, 0) is 18.4 Å². The first kappa shape index (κ1) is 12.5. The second-order valence-corrected chi connectivity index (χ2v) is 4.88. The van der Waals surface area contributed by atoms with Crippen molar-refractivity contribution in [1.29, 1.82) is 0 Å². The number of nitro groups is 1. The summed E-state index contributed by atoms with van der Waals surface area (Å²) in [7, 11) is 0. The van der Waals surface area contributed by atoms with Gasteiger partial charge in [0, 0.05) is 23.4 Å². The molecule has 1 aliphatic heterocycles. The molecule has 0 bridgehead atoms. The molecule has 1 fully saturated rings. The van der Waals surface area contributed by atoms with Gasteiger partial charge in [0.15, 0.2) is 0 Å². The zero-order valence-electron chi connectivity index (χ0n) is 9.34. The van der Waals surface area contributed by atoms with Crippen molar-refractivity contribution in [2.45, 2.75) is 24.9 Å². The summed E-state index contributed by atoms with van der Waals surface area (Å²) in [5.74, 6) is 0.367. The Labute approximate surface area is 108 Å². The number of ether oxygens (including phenoxy) is 1. The summed E-state index contributed by atoms with van der Waals surface area (Å²) >= 11 is 3.41. The van der Waals surface area contributed by atoms with E-state index in [-0.39, 0.29) is 10.6 Å². The van der Waals surface area contributed by atoms with Crippen molar-refractivity contribution in [2.24, 2.45) is 0 Å². The number of halogens is 1. The highest BCUT2D eigenvalue weighted by atomic mass is 79.9. The summed E-state index contributed by atoms with van der Waals surface area (Å²) in [4.78, 5) is 10.2. The fourth-order valence-corrected chi connectivity index (χ4v) is 2.57. The van der Waals surface area contributed by atoms with E-state index < -0.39 is 0 Å². The third kappa shape index (κ3) is 3.04. The van der Waals surface area contributed by atoms with E-state index in [9.17, 15) is 10.1 Å². The lowest BCUT2D eigenvalue weighted by Crippen LogP contribution is -2.25. The predicted octanol–water partition coefficient (Wildman–Crippen LogP) is 3.25. The summed E-state index contributed by atoms with van der Waals surface area (Å²) in [6.07, 6.45) is 2.42. The van der Waals surface area contributed by atoms with Crippen molar-refractivity contribution >= 4 is 21.6 Å². The summed E-state index contributed by atoms with van der Waals surface area (Å²) in [6.45, 7) is 0.702. The molecule has 4 nitrogen and oxygen atoms in total. The van der Waals surface area contributed by atoms with Gasteiger partial charge >= 0.3 is 0 Å². The number of hydrogen-bond donors (Lipinski definition) is 0. The van der Waals surface area contributed by atoms with Crippen LogP contribution in [-0.4, -0.2) is 23.0 Å². The third-order valence-electron chi connectivity index (χ3n) is 3.12. The number of non-ortho nitro benzene ring substituents is 1. The van der Waals surface area contributed by atoms with Crippen LogP contribution >= 0.6 is 15.9 Å². The second kappa shape index (κ2) is 5.60. The van der Waals surface area contributed by atoms with Crippen molar-refractivity contribution in [2.75, 3.05) is 11.9 Å². The molecular weight excluding hydrogens is 286 g/mol. The molecule has 0 N–H and O–H groups in total. The van der Waals surface area contributed by atoms with Crippen LogP contribution in [0, 0.1) is 10.1 Å². The third-order valence-corrected chi connectivity index (χ3v) is 3.84. The van der Waals surface area contributed by atoms with Gasteiger partial charge < -0.3 is 4.74 Å². The van der Waals surface area contributed by atoms with Crippen molar-refractivity contribution in [3.8, 4) is 0 Å². The fourth-order valence-electron chi connectivity index (χ4n) is 2.06. The Morgan fingerprint density at radius 2 is 2.06 bits per heavy atom. The van der Waals surface area contributed by atoms with Gasteiger partial charge in [0.05, 0.1) is 17.6 Å². The monoisotopic (exact) mass is 299 g/mol. The normalized spacial score (nSPS) is 24.5. The van der Waals surface area contributed by atoms with E-state index in [2.05, 4.69) is 15.9 Å². The zero-order chi connectivity index (χ0) is 12.3. The van der Waals surface area contributed by atoms with Gasteiger partial charge in [-0.2, -0.15) is 0 Å². The van der Waals surface area contributed by atoms with Crippen LogP contribution < -0.4 is 0 Å². The van der Waals surface area contributed by atoms with E-state index >= 15 is 0 Å². The number of nitro benzene ring substituents is 1. The highest BCUT2D eigenvalue weighted by Crippen LogP contribution is 2.29. The molecule has 2 atom stereocenters. The molecule has 0 spiro atoms. The second-order valence-electron chi connectivity index (χ2n) is 4.23. The summed E-state index contributed by atoms with van der Waals surface area (Å²) in [5, 5.41) is 11.4. The Morgan fingerprint density at radius 1 is 1.35 bits per heavy atom. The lowest BCUT2D eigenvalue weighted by Gasteiger charge is -2.28. The maximum absolute atomic E-state index is 10.5. The van der Waals surface area contributed by atoms with E-state index in [1.54, 1.807) is 12.1 Å². The van der Waals surface area contributed by atoms with E-state index in [1.165, 1.54) is 0 Å². The molecule has 2 rings (SSSR count). The molecule has 1 aromatic rings. The Morgan fingerprint density at radius 3 is 2.53 bits per heavy atom. The zero-order valence-corrected chi connectivity index (χ0v) is 10.9. The first-order valence-electron chi connectivity index (χ1n) is 5.62. The van der Waals surface area contributed by atoms with Crippen LogP contribution in [0.4, 0.5) is 5.69 Å². The number of nitrogens with zero attached hydrogens (tertiary/aromatic N) is 1. The first-order chi connectivity index (χ1) is 8.20. The SMILES string of the molecule is O=[N+]([O-])c1ccc(C2CCC(CBr)OC2)cc1. The molecule has 5 heteroatoms. The molecule has 2 unspecified atom stereocenters. The first-order valence-corrected chi connectivity index (χ1v) is 6.74. The molecule has 1 heterocycles. The van der Waals surface area contributed by atoms with Gasteiger partial charge in [-0.25, -0.2) is 0 Å². The predicted molar refractivity (Wildman–Crippen MR) is 68.6 cm³/mol. The van der Waals surface area contributed by atoms with Gasteiger partial charge in [-0.15, -0.1) is 0 Å². The molecular formula is C12H14BrNO3. The maximum atomic E-state index is 10.5. The van der Waals surface area contributed by atoms with Gasteiger partial charge in [-0.1, -0.05) is 28.1 Å². The molecule has 17 heavy (non-hydrogen) atoms. The van der Waals surface area contributed by atoms with Gasteiger partial charge in [0.25, 0.3) is 5.69 Å². The van der Waals surface area contributed by atoms with Crippen molar-refractivity contribution in [3.63, 3.8) is 0 Å². The van der Waals surface area contributed by atoms with E-state index in [0.29, 0.717) is 18.6 Å². The number of rotatable bonds is 3. The Bertz CT molecular complexity index is 385. The molecule has 0 radical (unpaired) electrons. The fraction of sp³-hybridized carbons (Fsp3) is 0.500. The van der Waals surface area contributed by atoms with Gasteiger partial charge in [0.1, 0.15) is 0 Å². The van der Waals surface area contributed by atoms with Gasteiger partial charge in [-0.3, -0.25) is 10.1 Å². The highest BCUT2D eigenvalue weighted by molar-refractivity contribution is 9.09. The van der Waals surface area contributed by atoms with Gasteiger partial charge in [0.2, 0.25) is 0 Å². The molecule has 1 aromatic carbocycles. The van der Waals surface area contributed by atoms with Crippen LogP contribution in [0.5, 0.6) is 0 Å².